The second-order valence-corrected chi connectivity index (χ2v) is 7.97. The van der Waals surface area contributed by atoms with E-state index in [1.54, 1.807) is 73.4 Å². The van der Waals surface area contributed by atoms with Gasteiger partial charge in [0.05, 0.1) is 29.7 Å². The van der Waals surface area contributed by atoms with Gasteiger partial charge in [0.15, 0.2) is 5.65 Å². The zero-order chi connectivity index (χ0) is 24.2. The lowest BCUT2D eigenvalue weighted by atomic mass is 10.1. The topological polar surface area (TPSA) is 129 Å². The lowest BCUT2D eigenvalue weighted by Gasteiger charge is -2.17. The van der Waals surface area contributed by atoms with Crippen molar-refractivity contribution in [2.75, 3.05) is 17.3 Å². The molecule has 3 N–H and O–H groups in total. The molecule has 4 rings (SSSR count). The average molecular weight is 454 g/mol. The van der Waals surface area contributed by atoms with Gasteiger partial charge in [-0.1, -0.05) is 12.1 Å². The number of benzene rings is 2. The van der Waals surface area contributed by atoms with Gasteiger partial charge < -0.3 is 16.0 Å². The maximum absolute atomic E-state index is 13.1. The number of fused-ring (bicyclic) bond motifs is 1. The van der Waals surface area contributed by atoms with E-state index in [2.05, 4.69) is 21.4 Å². The highest BCUT2D eigenvalue weighted by atomic mass is 16.2. The van der Waals surface area contributed by atoms with Gasteiger partial charge in [-0.15, -0.1) is 0 Å². The number of carbonyl (C=O) groups excluding carboxylic acids is 2. The average Bonchev–Trinajstić information content (AvgIpc) is 3.26. The first kappa shape index (κ1) is 22.6. The molecule has 0 aliphatic heterocycles. The first-order valence-corrected chi connectivity index (χ1v) is 10.6. The van der Waals surface area contributed by atoms with Crippen LogP contribution in [0.4, 0.5) is 11.4 Å². The van der Waals surface area contributed by atoms with E-state index in [1.807, 2.05) is 12.1 Å². The van der Waals surface area contributed by atoms with Crippen LogP contribution in [0.3, 0.4) is 0 Å². The van der Waals surface area contributed by atoms with Crippen LogP contribution in [0.5, 0.6) is 0 Å². The zero-order valence-electron chi connectivity index (χ0n) is 18.8. The number of aromatic nitrogens is 3. The lowest BCUT2D eigenvalue weighted by Crippen LogP contribution is -2.27. The van der Waals surface area contributed by atoms with Crippen LogP contribution in [0.1, 0.15) is 29.4 Å². The van der Waals surface area contributed by atoms with E-state index in [-0.39, 0.29) is 30.0 Å². The molecule has 1 atom stereocenters. The minimum Gasteiger partial charge on any atom is -0.327 e. The number of nitriles is 1. The van der Waals surface area contributed by atoms with Crippen molar-refractivity contribution < 1.29 is 9.59 Å². The molecule has 0 fully saturated rings. The predicted molar refractivity (Wildman–Crippen MR) is 129 cm³/mol. The van der Waals surface area contributed by atoms with Crippen molar-refractivity contribution in [2.45, 2.75) is 19.4 Å². The fraction of sp³-hybridized carbons (Fsp3) is 0.160. The highest BCUT2D eigenvalue weighted by Crippen LogP contribution is 2.23. The van der Waals surface area contributed by atoms with Crippen molar-refractivity contribution in [3.05, 3.63) is 78.4 Å². The zero-order valence-corrected chi connectivity index (χ0v) is 18.8. The first-order valence-electron chi connectivity index (χ1n) is 10.6. The molecule has 2 aromatic carbocycles. The Balaban J connectivity index is 1.58. The molecule has 9 nitrogen and oxygen atoms in total. The molecular formula is C25H23N7O2. The number of nitrogens with zero attached hydrogens (tertiary/aromatic N) is 5. The van der Waals surface area contributed by atoms with Crippen LogP contribution in [0.2, 0.25) is 0 Å². The van der Waals surface area contributed by atoms with Crippen LogP contribution in [0, 0.1) is 11.3 Å². The van der Waals surface area contributed by atoms with E-state index in [4.69, 9.17) is 11.0 Å². The number of nitrogens with one attached hydrogen (secondary N) is 1. The van der Waals surface area contributed by atoms with Gasteiger partial charge in [-0.25, -0.2) is 9.97 Å². The fourth-order valence-electron chi connectivity index (χ4n) is 3.49. The van der Waals surface area contributed by atoms with E-state index in [1.165, 1.54) is 4.90 Å². The van der Waals surface area contributed by atoms with Gasteiger partial charge in [-0.2, -0.15) is 5.26 Å². The van der Waals surface area contributed by atoms with Gasteiger partial charge in [0.2, 0.25) is 5.91 Å². The second kappa shape index (κ2) is 9.52. The Morgan fingerprint density at radius 3 is 2.47 bits per heavy atom. The minimum absolute atomic E-state index is 0.141. The third-order valence-corrected chi connectivity index (χ3v) is 5.28. The van der Waals surface area contributed by atoms with Gasteiger partial charge >= 0.3 is 0 Å². The summed E-state index contributed by atoms with van der Waals surface area (Å²) in [4.78, 5) is 35.1. The van der Waals surface area contributed by atoms with Gasteiger partial charge in [0, 0.05) is 42.6 Å². The summed E-state index contributed by atoms with van der Waals surface area (Å²) in [6.45, 7) is 1.78. The number of rotatable bonds is 6. The molecule has 9 heteroatoms. The van der Waals surface area contributed by atoms with E-state index < -0.39 is 0 Å². The van der Waals surface area contributed by atoms with Crippen LogP contribution < -0.4 is 16.0 Å². The number of nitrogens with two attached hydrogens (primary N) is 1. The van der Waals surface area contributed by atoms with Crippen LogP contribution in [0.15, 0.2) is 67.1 Å². The van der Waals surface area contributed by atoms with Crippen LogP contribution in [0.25, 0.3) is 16.9 Å². The molecule has 1 unspecified atom stereocenters. The quantitative estimate of drug-likeness (QED) is 0.461. The molecule has 0 aliphatic carbocycles. The van der Waals surface area contributed by atoms with E-state index in [0.717, 1.165) is 11.3 Å². The number of hydrogen-bond acceptors (Lipinski definition) is 6. The predicted octanol–water partition coefficient (Wildman–Crippen LogP) is 3.22. The number of carbonyl (C=O) groups is 2. The third kappa shape index (κ3) is 4.77. The Kier molecular flexibility index (Phi) is 6.34. The van der Waals surface area contributed by atoms with Crippen molar-refractivity contribution in [2.24, 2.45) is 5.73 Å². The summed E-state index contributed by atoms with van der Waals surface area (Å²) in [5.74, 6) is -0.434. The molecule has 0 saturated carbocycles. The summed E-state index contributed by atoms with van der Waals surface area (Å²) < 4.78 is 1.80. The van der Waals surface area contributed by atoms with Crippen LogP contribution >= 0.6 is 0 Å². The standard InChI is InChI=1S/C25H23N7O2/c1-16(27)11-24(33)30-19-7-5-18(6-8-19)22-13-29-23-14-28-21(15-32(22)23)25(34)31(2)20-9-3-17(12-26)4-10-20/h3-10,13-16H,11,27H2,1-2H3,(H,30,33). The van der Waals surface area contributed by atoms with Crippen molar-refractivity contribution in [3.8, 4) is 17.3 Å². The lowest BCUT2D eigenvalue weighted by molar-refractivity contribution is -0.116. The Morgan fingerprint density at radius 1 is 1.12 bits per heavy atom. The Labute approximate surface area is 196 Å². The number of anilines is 2. The highest BCUT2D eigenvalue weighted by Gasteiger charge is 2.17. The van der Waals surface area contributed by atoms with Gasteiger partial charge in [-0.3, -0.25) is 14.0 Å². The van der Waals surface area contributed by atoms with Gasteiger partial charge in [0.25, 0.3) is 5.91 Å². The number of imidazole rings is 1. The molecule has 0 bridgehead atoms. The van der Waals surface area contributed by atoms with E-state index >= 15 is 0 Å². The van der Waals surface area contributed by atoms with Crippen molar-refractivity contribution in [1.82, 2.24) is 14.4 Å². The van der Waals surface area contributed by atoms with Crippen molar-refractivity contribution >= 4 is 28.8 Å². The Morgan fingerprint density at radius 2 is 1.82 bits per heavy atom. The number of hydrogen-bond donors (Lipinski definition) is 2. The van der Waals surface area contributed by atoms with Gasteiger partial charge in [-0.05, 0) is 43.3 Å². The van der Waals surface area contributed by atoms with Gasteiger partial charge in [0.1, 0.15) is 5.69 Å². The molecule has 0 radical (unpaired) electrons. The fourth-order valence-corrected chi connectivity index (χ4v) is 3.49. The van der Waals surface area contributed by atoms with E-state index in [0.29, 0.717) is 22.6 Å². The summed E-state index contributed by atoms with van der Waals surface area (Å²) in [5, 5.41) is 11.8. The summed E-state index contributed by atoms with van der Waals surface area (Å²) in [5.41, 5.74) is 10.0. The Hall–Kier alpha value is -4.55. The highest BCUT2D eigenvalue weighted by molar-refractivity contribution is 6.04. The second-order valence-electron chi connectivity index (χ2n) is 7.97. The number of amides is 2. The van der Waals surface area contributed by atoms with Crippen LogP contribution in [-0.4, -0.2) is 39.3 Å². The van der Waals surface area contributed by atoms with E-state index in [9.17, 15) is 9.59 Å². The summed E-state index contributed by atoms with van der Waals surface area (Å²) in [7, 11) is 1.66. The first-order chi connectivity index (χ1) is 16.4. The molecule has 2 heterocycles. The molecule has 0 spiro atoms. The molecule has 0 saturated heterocycles. The summed E-state index contributed by atoms with van der Waals surface area (Å²) in [6, 6.07) is 16.0. The normalized spacial score (nSPS) is 11.6. The SMILES string of the molecule is CC(N)CC(=O)Nc1ccc(-c2cnc3cnc(C(=O)N(C)c4ccc(C#N)cc4)cn23)cc1. The molecule has 2 aromatic heterocycles. The third-order valence-electron chi connectivity index (χ3n) is 5.28. The Bertz CT molecular complexity index is 1380. The molecule has 170 valence electrons. The minimum atomic E-state index is -0.293. The summed E-state index contributed by atoms with van der Waals surface area (Å²) >= 11 is 0. The molecule has 4 aromatic rings. The largest absolute Gasteiger partial charge is 0.327 e. The monoisotopic (exact) mass is 453 g/mol. The molecule has 34 heavy (non-hydrogen) atoms. The van der Waals surface area contributed by atoms with Crippen molar-refractivity contribution in [1.29, 1.82) is 5.26 Å². The van der Waals surface area contributed by atoms with Crippen molar-refractivity contribution in [3.63, 3.8) is 0 Å². The smallest absolute Gasteiger partial charge is 0.278 e. The van der Waals surface area contributed by atoms with Crippen LogP contribution in [-0.2, 0) is 4.79 Å². The maximum Gasteiger partial charge on any atom is 0.278 e. The molecule has 0 aliphatic rings. The summed E-state index contributed by atoms with van der Waals surface area (Å²) in [6.07, 6.45) is 5.15. The molecule has 2 amide bonds. The molecular weight excluding hydrogens is 430 g/mol. The maximum atomic E-state index is 13.1.